The zero-order valence-corrected chi connectivity index (χ0v) is 13.2. The van der Waals surface area contributed by atoms with Crippen molar-refractivity contribution in [3.63, 3.8) is 0 Å². The van der Waals surface area contributed by atoms with Crippen LogP contribution in [0.5, 0.6) is 0 Å². The van der Waals surface area contributed by atoms with Crippen molar-refractivity contribution in [1.29, 1.82) is 0 Å². The molecule has 0 saturated heterocycles. The Hall–Kier alpha value is -3.03. The van der Waals surface area contributed by atoms with Gasteiger partial charge < -0.3 is 9.30 Å². The molecule has 0 aliphatic heterocycles. The number of ether oxygens (including phenoxy) is 1. The highest BCUT2D eigenvalue weighted by atomic mass is 19.1. The van der Waals surface area contributed by atoms with Gasteiger partial charge in [-0.15, -0.1) is 0 Å². The summed E-state index contributed by atoms with van der Waals surface area (Å²) in [6, 6.07) is 6.90. The minimum atomic E-state index is -0.630. The maximum Gasteiger partial charge on any atom is 0.358 e. The number of hydrogen-bond donors (Lipinski definition) is 0. The number of hydrogen-bond acceptors (Lipinski definition) is 5. The first-order valence-electron chi connectivity index (χ1n) is 7.34. The number of carbonyl (C=O) groups is 1. The van der Waals surface area contributed by atoms with E-state index in [1.165, 1.54) is 31.4 Å². The monoisotopic (exact) mass is 330 g/mol. The van der Waals surface area contributed by atoms with E-state index in [4.69, 9.17) is 0 Å². The zero-order chi connectivity index (χ0) is 17.3. The van der Waals surface area contributed by atoms with E-state index in [0.717, 1.165) is 10.2 Å². The van der Waals surface area contributed by atoms with E-state index in [-0.39, 0.29) is 23.6 Å². The second kappa shape index (κ2) is 6.23. The van der Waals surface area contributed by atoms with Gasteiger partial charge in [0.2, 0.25) is 0 Å². The van der Waals surface area contributed by atoms with Gasteiger partial charge in [-0.25, -0.2) is 18.9 Å². The Labute approximate surface area is 136 Å². The standard InChI is InChI=1S/C16H15FN4O3/c1-3-20-13-6-4-10(17)8-12(13)18-14(20)9-21-15(22)7-5-11(19-21)16(23)24-2/h4-8H,3,9H2,1-2H3. The highest BCUT2D eigenvalue weighted by Gasteiger charge is 2.14. The molecule has 2 heterocycles. The van der Waals surface area contributed by atoms with Crippen molar-refractivity contribution in [2.75, 3.05) is 7.11 Å². The molecule has 8 heteroatoms. The highest BCUT2D eigenvalue weighted by Crippen LogP contribution is 2.18. The van der Waals surface area contributed by atoms with Crippen LogP contribution in [0.4, 0.5) is 4.39 Å². The number of aryl methyl sites for hydroxylation is 1. The lowest BCUT2D eigenvalue weighted by atomic mass is 10.3. The molecule has 0 spiro atoms. The van der Waals surface area contributed by atoms with Crippen molar-refractivity contribution >= 4 is 17.0 Å². The summed E-state index contributed by atoms with van der Waals surface area (Å²) < 4.78 is 21.0. The van der Waals surface area contributed by atoms with Crippen LogP contribution in [0.1, 0.15) is 23.2 Å². The second-order valence-corrected chi connectivity index (χ2v) is 5.11. The van der Waals surface area contributed by atoms with Crippen LogP contribution in [0.3, 0.4) is 0 Å². The van der Waals surface area contributed by atoms with Gasteiger partial charge in [0.25, 0.3) is 5.56 Å². The molecule has 0 atom stereocenters. The van der Waals surface area contributed by atoms with Crippen molar-refractivity contribution < 1.29 is 13.9 Å². The largest absolute Gasteiger partial charge is 0.464 e. The smallest absolute Gasteiger partial charge is 0.358 e. The molecule has 3 rings (SSSR count). The van der Waals surface area contributed by atoms with Crippen LogP contribution in [-0.2, 0) is 17.8 Å². The number of aromatic nitrogens is 4. The van der Waals surface area contributed by atoms with Gasteiger partial charge >= 0.3 is 5.97 Å². The normalized spacial score (nSPS) is 11.0. The predicted octanol–water partition coefficient (Wildman–Crippen LogP) is 1.59. The molecule has 3 aromatic rings. The van der Waals surface area contributed by atoms with Gasteiger partial charge in [0.05, 0.1) is 18.1 Å². The number of halogens is 1. The molecular weight excluding hydrogens is 315 g/mol. The Bertz CT molecular complexity index is 977. The predicted molar refractivity (Wildman–Crippen MR) is 84.3 cm³/mol. The summed E-state index contributed by atoms with van der Waals surface area (Å²) in [5.74, 6) is -0.456. The van der Waals surface area contributed by atoms with Crippen LogP contribution < -0.4 is 5.56 Å². The molecule has 2 aromatic heterocycles. The summed E-state index contributed by atoms with van der Waals surface area (Å²) >= 11 is 0. The highest BCUT2D eigenvalue weighted by molar-refractivity contribution is 5.86. The van der Waals surface area contributed by atoms with Gasteiger partial charge in [-0.3, -0.25) is 4.79 Å². The summed E-state index contributed by atoms with van der Waals surface area (Å²) in [5, 5.41) is 4.00. The molecule has 0 aliphatic carbocycles. The Morgan fingerprint density at radius 2 is 2.08 bits per heavy atom. The lowest BCUT2D eigenvalue weighted by molar-refractivity contribution is 0.0591. The molecule has 0 saturated carbocycles. The fraction of sp³-hybridized carbons (Fsp3) is 0.250. The third kappa shape index (κ3) is 2.78. The fourth-order valence-corrected chi connectivity index (χ4v) is 2.54. The van der Waals surface area contributed by atoms with Crippen molar-refractivity contribution in [2.45, 2.75) is 20.0 Å². The minimum absolute atomic E-state index is 0.0299. The molecule has 0 radical (unpaired) electrons. The Morgan fingerprint density at radius 3 is 2.79 bits per heavy atom. The number of nitrogens with zero attached hydrogens (tertiary/aromatic N) is 4. The van der Waals surface area contributed by atoms with Crippen molar-refractivity contribution in [3.8, 4) is 0 Å². The molecule has 0 amide bonds. The summed E-state index contributed by atoms with van der Waals surface area (Å²) in [6.45, 7) is 2.59. The zero-order valence-electron chi connectivity index (χ0n) is 13.2. The van der Waals surface area contributed by atoms with Gasteiger partial charge in [0.15, 0.2) is 5.69 Å². The SMILES string of the molecule is CCn1c(Cn2nc(C(=O)OC)ccc2=O)nc2cc(F)ccc21. The van der Waals surface area contributed by atoms with Crippen LogP contribution in [0.15, 0.2) is 35.1 Å². The molecule has 1 aromatic carbocycles. The molecule has 24 heavy (non-hydrogen) atoms. The second-order valence-electron chi connectivity index (χ2n) is 5.11. The van der Waals surface area contributed by atoms with Gasteiger partial charge in [-0.05, 0) is 25.1 Å². The Kier molecular flexibility index (Phi) is 4.11. The lowest BCUT2D eigenvalue weighted by Gasteiger charge is -2.08. The number of methoxy groups -OCH3 is 1. The molecular formula is C16H15FN4O3. The van der Waals surface area contributed by atoms with Crippen molar-refractivity contribution in [1.82, 2.24) is 19.3 Å². The summed E-state index contributed by atoms with van der Waals surface area (Å²) in [7, 11) is 1.24. The van der Waals surface area contributed by atoms with Crippen LogP contribution >= 0.6 is 0 Å². The number of carbonyl (C=O) groups excluding carboxylic acids is 1. The number of fused-ring (bicyclic) bond motifs is 1. The number of imidazole rings is 1. The molecule has 0 bridgehead atoms. The van der Waals surface area contributed by atoms with E-state index in [9.17, 15) is 14.0 Å². The van der Waals surface area contributed by atoms with E-state index in [2.05, 4.69) is 14.8 Å². The van der Waals surface area contributed by atoms with E-state index >= 15 is 0 Å². The lowest BCUT2D eigenvalue weighted by Crippen LogP contribution is -2.26. The topological polar surface area (TPSA) is 79.0 Å². The van der Waals surface area contributed by atoms with Gasteiger partial charge in [0.1, 0.15) is 18.2 Å². The molecule has 7 nitrogen and oxygen atoms in total. The molecule has 0 N–H and O–H groups in total. The van der Waals surface area contributed by atoms with Gasteiger partial charge in [-0.1, -0.05) is 0 Å². The minimum Gasteiger partial charge on any atom is -0.464 e. The maximum absolute atomic E-state index is 13.4. The van der Waals surface area contributed by atoms with E-state index in [1.807, 2.05) is 11.5 Å². The van der Waals surface area contributed by atoms with Gasteiger partial charge in [0, 0.05) is 18.7 Å². The maximum atomic E-state index is 13.4. The van der Waals surface area contributed by atoms with E-state index in [0.29, 0.717) is 17.9 Å². The van der Waals surface area contributed by atoms with Crippen molar-refractivity contribution in [2.24, 2.45) is 0 Å². The number of benzene rings is 1. The van der Waals surface area contributed by atoms with Crippen LogP contribution in [0, 0.1) is 5.82 Å². The Morgan fingerprint density at radius 1 is 1.29 bits per heavy atom. The summed E-state index contributed by atoms with van der Waals surface area (Å²) in [4.78, 5) is 28.0. The number of esters is 1. The van der Waals surface area contributed by atoms with Gasteiger partial charge in [-0.2, -0.15) is 5.10 Å². The first kappa shape index (κ1) is 15.9. The van der Waals surface area contributed by atoms with Crippen LogP contribution in [0.25, 0.3) is 11.0 Å². The third-order valence-electron chi connectivity index (χ3n) is 3.66. The van der Waals surface area contributed by atoms with Crippen LogP contribution in [0.2, 0.25) is 0 Å². The average Bonchev–Trinajstić information content (AvgIpc) is 2.92. The van der Waals surface area contributed by atoms with Crippen LogP contribution in [-0.4, -0.2) is 32.4 Å². The first-order chi connectivity index (χ1) is 11.5. The summed E-state index contributed by atoms with van der Waals surface area (Å²) in [6.07, 6.45) is 0. The fourth-order valence-electron chi connectivity index (χ4n) is 2.54. The summed E-state index contributed by atoms with van der Waals surface area (Å²) in [5.41, 5.74) is 0.931. The molecule has 0 fully saturated rings. The Balaban J connectivity index is 2.07. The molecule has 0 aliphatic rings. The quantitative estimate of drug-likeness (QED) is 0.679. The number of rotatable bonds is 4. The average molecular weight is 330 g/mol. The third-order valence-corrected chi connectivity index (χ3v) is 3.66. The molecule has 0 unspecified atom stereocenters. The first-order valence-corrected chi connectivity index (χ1v) is 7.34. The van der Waals surface area contributed by atoms with E-state index < -0.39 is 5.97 Å². The van der Waals surface area contributed by atoms with Crippen molar-refractivity contribution in [3.05, 3.63) is 58.0 Å². The van der Waals surface area contributed by atoms with E-state index in [1.54, 1.807) is 6.07 Å². The molecule has 124 valence electrons.